The average molecular weight is 256 g/mol. The number of aromatic nitrogens is 1. The smallest absolute Gasteiger partial charge is 0.125 e. The SMILES string of the molecule is c1ccc(NCCC2C3CC4CC(C3)CC2C4)nc1. The molecule has 1 N–H and O–H groups in total. The molecule has 0 unspecified atom stereocenters. The van der Waals surface area contributed by atoms with Gasteiger partial charge in [-0.3, -0.25) is 0 Å². The van der Waals surface area contributed by atoms with Crippen molar-refractivity contribution in [1.29, 1.82) is 0 Å². The molecule has 4 fully saturated rings. The van der Waals surface area contributed by atoms with Crippen LogP contribution in [-0.4, -0.2) is 11.5 Å². The van der Waals surface area contributed by atoms with Crippen LogP contribution in [0.4, 0.5) is 5.82 Å². The summed E-state index contributed by atoms with van der Waals surface area (Å²) >= 11 is 0. The fourth-order valence-electron chi connectivity index (χ4n) is 5.34. The number of pyridine rings is 1. The normalized spacial score (nSPS) is 39.5. The summed E-state index contributed by atoms with van der Waals surface area (Å²) in [5.41, 5.74) is 0. The van der Waals surface area contributed by atoms with Crippen molar-refractivity contribution in [3.63, 3.8) is 0 Å². The number of nitrogens with one attached hydrogen (secondary N) is 1. The molecule has 4 bridgehead atoms. The Hall–Kier alpha value is -1.05. The quantitative estimate of drug-likeness (QED) is 0.882. The molecule has 5 rings (SSSR count). The molecule has 1 aromatic rings. The first-order chi connectivity index (χ1) is 9.38. The lowest BCUT2D eigenvalue weighted by atomic mass is 9.51. The van der Waals surface area contributed by atoms with Gasteiger partial charge in [0.05, 0.1) is 0 Å². The van der Waals surface area contributed by atoms with Crippen LogP contribution < -0.4 is 5.32 Å². The Kier molecular flexibility index (Phi) is 2.97. The second kappa shape index (κ2) is 4.81. The van der Waals surface area contributed by atoms with Gasteiger partial charge in [-0.2, -0.15) is 0 Å². The third-order valence-electron chi connectivity index (χ3n) is 5.87. The standard InChI is InChI=1S/C17H24N2/c1-2-5-18-17(3-1)19-6-4-16-14-8-12-7-13(10-14)11-15(16)9-12/h1-3,5,12-16H,4,6-11H2,(H,18,19). The van der Waals surface area contributed by atoms with Crippen LogP contribution in [0.15, 0.2) is 24.4 Å². The summed E-state index contributed by atoms with van der Waals surface area (Å²) in [5, 5.41) is 3.49. The molecule has 0 atom stereocenters. The fourth-order valence-corrected chi connectivity index (χ4v) is 5.34. The first kappa shape index (κ1) is 11.7. The summed E-state index contributed by atoms with van der Waals surface area (Å²) in [6.07, 6.45) is 11.0. The molecule has 0 aliphatic heterocycles. The van der Waals surface area contributed by atoms with Crippen molar-refractivity contribution < 1.29 is 0 Å². The zero-order valence-electron chi connectivity index (χ0n) is 11.6. The Balaban J connectivity index is 1.34. The van der Waals surface area contributed by atoms with Crippen LogP contribution in [0.2, 0.25) is 0 Å². The maximum atomic E-state index is 4.34. The van der Waals surface area contributed by atoms with Crippen LogP contribution in [0.25, 0.3) is 0 Å². The van der Waals surface area contributed by atoms with Gasteiger partial charge in [0.2, 0.25) is 0 Å². The van der Waals surface area contributed by atoms with Crippen molar-refractivity contribution in [2.24, 2.45) is 29.6 Å². The van der Waals surface area contributed by atoms with Crippen LogP contribution in [0, 0.1) is 29.6 Å². The summed E-state index contributed by atoms with van der Waals surface area (Å²) in [4.78, 5) is 4.34. The largest absolute Gasteiger partial charge is 0.370 e. The highest BCUT2D eigenvalue weighted by atomic mass is 15.0. The predicted octanol–water partition coefficient (Wildman–Crippen LogP) is 3.96. The van der Waals surface area contributed by atoms with Crippen LogP contribution in [0.3, 0.4) is 0 Å². The summed E-state index contributed by atoms with van der Waals surface area (Å²) in [5.74, 6) is 6.35. The molecule has 2 heteroatoms. The van der Waals surface area contributed by atoms with E-state index >= 15 is 0 Å². The maximum Gasteiger partial charge on any atom is 0.125 e. The van der Waals surface area contributed by atoms with E-state index in [1.54, 1.807) is 32.1 Å². The van der Waals surface area contributed by atoms with Crippen LogP contribution in [0.1, 0.15) is 38.5 Å². The van der Waals surface area contributed by atoms with Crippen molar-refractivity contribution >= 4 is 5.82 Å². The molecule has 19 heavy (non-hydrogen) atoms. The molecule has 102 valence electrons. The molecule has 0 radical (unpaired) electrons. The Morgan fingerprint density at radius 2 is 1.74 bits per heavy atom. The first-order valence-corrected chi connectivity index (χ1v) is 8.03. The highest BCUT2D eigenvalue weighted by molar-refractivity contribution is 5.32. The molecule has 4 saturated carbocycles. The molecule has 0 aromatic carbocycles. The van der Waals surface area contributed by atoms with Gasteiger partial charge in [-0.15, -0.1) is 0 Å². The molecular weight excluding hydrogens is 232 g/mol. The molecule has 0 saturated heterocycles. The van der Waals surface area contributed by atoms with Gasteiger partial charge >= 0.3 is 0 Å². The lowest BCUT2D eigenvalue weighted by Crippen LogP contribution is -2.45. The van der Waals surface area contributed by atoms with Crippen LogP contribution in [0.5, 0.6) is 0 Å². The van der Waals surface area contributed by atoms with E-state index in [9.17, 15) is 0 Å². The van der Waals surface area contributed by atoms with Gasteiger partial charge in [0.1, 0.15) is 5.82 Å². The summed E-state index contributed by atoms with van der Waals surface area (Å²) in [6, 6.07) is 6.10. The van der Waals surface area contributed by atoms with E-state index in [4.69, 9.17) is 0 Å². The van der Waals surface area contributed by atoms with Gasteiger partial charge in [-0.1, -0.05) is 6.07 Å². The van der Waals surface area contributed by atoms with Crippen LogP contribution >= 0.6 is 0 Å². The summed E-state index contributed by atoms with van der Waals surface area (Å²) in [7, 11) is 0. The molecule has 4 aliphatic rings. The van der Waals surface area contributed by atoms with Gasteiger partial charge in [-0.25, -0.2) is 4.98 Å². The molecule has 1 aromatic heterocycles. The van der Waals surface area contributed by atoms with E-state index in [1.165, 1.54) is 6.42 Å². The van der Waals surface area contributed by atoms with E-state index in [0.29, 0.717) is 0 Å². The minimum absolute atomic E-state index is 1.00. The average Bonchev–Trinajstić information content (AvgIpc) is 2.42. The van der Waals surface area contributed by atoms with E-state index in [2.05, 4.69) is 22.4 Å². The topological polar surface area (TPSA) is 24.9 Å². The third-order valence-corrected chi connectivity index (χ3v) is 5.87. The molecule has 0 spiro atoms. The van der Waals surface area contributed by atoms with E-state index in [1.807, 2.05) is 12.3 Å². The molecule has 1 heterocycles. The number of anilines is 1. The van der Waals surface area contributed by atoms with Gasteiger partial charge in [0.15, 0.2) is 0 Å². The minimum atomic E-state index is 1.00. The maximum absolute atomic E-state index is 4.34. The van der Waals surface area contributed by atoms with Crippen molar-refractivity contribution in [2.45, 2.75) is 38.5 Å². The molecule has 2 nitrogen and oxygen atoms in total. The molecule has 0 amide bonds. The van der Waals surface area contributed by atoms with Crippen molar-refractivity contribution in [3.05, 3.63) is 24.4 Å². The number of rotatable bonds is 4. The van der Waals surface area contributed by atoms with Crippen LogP contribution in [-0.2, 0) is 0 Å². The Bertz CT molecular complexity index is 400. The predicted molar refractivity (Wildman–Crippen MR) is 77.9 cm³/mol. The Morgan fingerprint density at radius 1 is 1.00 bits per heavy atom. The van der Waals surface area contributed by atoms with E-state index in [-0.39, 0.29) is 0 Å². The zero-order chi connectivity index (χ0) is 12.7. The Morgan fingerprint density at radius 3 is 2.37 bits per heavy atom. The summed E-state index contributed by atoms with van der Waals surface area (Å²) < 4.78 is 0. The summed E-state index contributed by atoms with van der Waals surface area (Å²) in [6.45, 7) is 1.10. The number of hydrogen-bond acceptors (Lipinski definition) is 2. The van der Waals surface area contributed by atoms with Crippen molar-refractivity contribution in [1.82, 2.24) is 4.98 Å². The first-order valence-electron chi connectivity index (χ1n) is 8.03. The van der Waals surface area contributed by atoms with Gasteiger partial charge in [-0.05, 0) is 80.2 Å². The molecular formula is C17H24N2. The monoisotopic (exact) mass is 256 g/mol. The fraction of sp³-hybridized carbons (Fsp3) is 0.706. The van der Waals surface area contributed by atoms with Crippen molar-refractivity contribution in [3.8, 4) is 0 Å². The highest BCUT2D eigenvalue weighted by Gasteiger charge is 2.47. The number of nitrogens with zero attached hydrogens (tertiary/aromatic N) is 1. The third kappa shape index (κ3) is 2.26. The van der Waals surface area contributed by atoms with Gasteiger partial charge in [0.25, 0.3) is 0 Å². The molecule has 4 aliphatic carbocycles. The van der Waals surface area contributed by atoms with Gasteiger partial charge < -0.3 is 5.32 Å². The number of hydrogen-bond donors (Lipinski definition) is 1. The highest BCUT2D eigenvalue weighted by Crippen LogP contribution is 2.57. The zero-order valence-corrected chi connectivity index (χ0v) is 11.6. The lowest BCUT2D eigenvalue weighted by Gasteiger charge is -2.54. The minimum Gasteiger partial charge on any atom is -0.370 e. The second-order valence-corrected chi connectivity index (χ2v) is 7.03. The van der Waals surface area contributed by atoms with E-state index < -0.39 is 0 Å². The van der Waals surface area contributed by atoms with Gasteiger partial charge in [0, 0.05) is 12.7 Å². The lowest BCUT2D eigenvalue weighted by molar-refractivity contribution is -0.0381. The second-order valence-electron chi connectivity index (χ2n) is 7.03. The van der Waals surface area contributed by atoms with Crippen molar-refractivity contribution in [2.75, 3.05) is 11.9 Å². The Labute approximate surface area is 116 Å². The van der Waals surface area contributed by atoms with E-state index in [0.717, 1.165) is 42.0 Å².